The molecule has 1 aromatic carbocycles. The molecular formula is C19H15F3N6O. The summed E-state index contributed by atoms with van der Waals surface area (Å²) in [6.07, 6.45) is 1.54. The molecule has 148 valence electrons. The third kappa shape index (κ3) is 3.12. The molecule has 0 saturated carbocycles. The molecule has 2 N–H and O–H groups in total. The third-order valence-electron chi connectivity index (χ3n) is 4.67. The summed E-state index contributed by atoms with van der Waals surface area (Å²) in [5.41, 5.74) is 6.59. The average molecular weight is 400 g/mol. The number of anilines is 1. The molecule has 0 atom stereocenters. The molecule has 0 aliphatic carbocycles. The molecule has 4 rings (SSSR count). The van der Waals surface area contributed by atoms with E-state index >= 15 is 0 Å². The summed E-state index contributed by atoms with van der Waals surface area (Å²) in [6.45, 7) is -0.212. The number of hydrogen-bond donors (Lipinski definition) is 1. The quantitative estimate of drug-likeness (QED) is 0.534. The van der Waals surface area contributed by atoms with Crippen LogP contribution in [0.25, 0.3) is 21.8 Å². The molecule has 0 aliphatic rings. The molecule has 0 aliphatic heterocycles. The molecule has 0 radical (unpaired) electrons. The summed E-state index contributed by atoms with van der Waals surface area (Å²) in [7, 11) is 3.08. The van der Waals surface area contributed by atoms with Gasteiger partial charge in [0.05, 0.1) is 34.7 Å². The Morgan fingerprint density at radius 3 is 2.66 bits per heavy atom. The van der Waals surface area contributed by atoms with Crippen molar-refractivity contribution >= 4 is 33.5 Å². The maximum atomic E-state index is 14.7. The highest BCUT2D eigenvalue weighted by Crippen LogP contribution is 2.29. The summed E-state index contributed by atoms with van der Waals surface area (Å²) in [5.74, 6) is -3.26. The van der Waals surface area contributed by atoms with Crippen molar-refractivity contribution in [2.45, 2.75) is 6.54 Å². The fourth-order valence-corrected chi connectivity index (χ4v) is 3.24. The van der Waals surface area contributed by atoms with E-state index in [0.29, 0.717) is 16.3 Å². The zero-order valence-corrected chi connectivity index (χ0v) is 15.4. The van der Waals surface area contributed by atoms with E-state index in [0.717, 1.165) is 17.0 Å². The molecule has 3 heterocycles. The number of nitrogens with two attached hydrogens (primary N) is 1. The van der Waals surface area contributed by atoms with Crippen molar-refractivity contribution in [3.05, 3.63) is 59.3 Å². The van der Waals surface area contributed by atoms with Crippen LogP contribution in [0.2, 0.25) is 0 Å². The summed E-state index contributed by atoms with van der Waals surface area (Å²) in [6, 6.07) is 4.67. The van der Waals surface area contributed by atoms with Crippen LogP contribution >= 0.6 is 0 Å². The number of pyridine rings is 2. The van der Waals surface area contributed by atoms with E-state index in [1.54, 1.807) is 17.9 Å². The van der Waals surface area contributed by atoms with Gasteiger partial charge in [-0.2, -0.15) is 18.9 Å². The number of benzene rings is 1. The van der Waals surface area contributed by atoms with Crippen molar-refractivity contribution < 1.29 is 18.0 Å². The Hall–Kier alpha value is -3.69. The second kappa shape index (κ2) is 6.73. The fourth-order valence-electron chi connectivity index (χ4n) is 3.24. The summed E-state index contributed by atoms with van der Waals surface area (Å²) < 4.78 is 43.0. The molecule has 10 heteroatoms. The van der Waals surface area contributed by atoms with Crippen LogP contribution in [0.15, 0.2) is 30.5 Å². The van der Waals surface area contributed by atoms with Crippen molar-refractivity contribution in [1.29, 1.82) is 0 Å². The van der Waals surface area contributed by atoms with Gasteiger partial charge < -0.3 is 10.6 Å². The van der Waals surface area contributed by atoms with Gasteiger partial charge in [0.15, 0.2) is 0 Å². The molecule has 0 fully saturated rings. The number of aryl methyl sites for hydroxylation is 1. The Balaban J connectivity index is 1.77. The summed E-state index contributed by atoms with van der Waals surface area (Å²) in [5, 5.41) is 5.22. The number of hydrogen-bond acceptors (Lipinski definition) is 5. The van der Waals surface area contributed by atoms with Gasteiger partial charge in [-0.15, -0.1) is 0 Å². The molecule has 1 amide bonds. The molecule has 3 aromatic heterocycles. The van der Waals surface area contributed by atoms with Crippen LogP contribution in [0.1, 0.15) is 15.9 Å². The first-order chi connectivity index (χ1) is 13.8. The van der Waals surface area contributed by atoms with Crippen LogP contribution in [-0.2, 0) is 13.6 Å². The van der Waals surface area contributed by atoms with Gasteiger partial charge >= 0.3 is 0 Å². The van der Waals surface area contributed by atoms with Gasteiger partial charge in [0.2, 0.25) is 11.9 Å². The van der Waals surface area contributed by atoms with Crippen molar-refractivity contribution in [3.63, 3.8) is 0 Å². The lowest BCUT2D eigenvalue weighted by Gasteiger charge is -2.18. The predicted octanol–water partition coefficient (Wildman–Crippen LogP) is 2.79. The van der Waals surface area contributed by atoms with Gasteiger partial charge in [0.25, 0.3) is 5.91 Å². The number of fused-ring (bicyclic) bond motifs is 3. The Kier molecular flexibility index (Phi) is 4.33. The molecule has 0 saturated heterocycles. The first-order valence-electron chi connectivity index (χ1n) is 8.53. The zero-order chi connectivity index (χ0) is 20.9. The van der Waals surface area contributed by atoms with Crippen LogP contribution in [0.4, 0.5) is 19.0 Å². The fraction of sp³-hybridized carbons (Fsp3) is 0.158. The summed E-state index contributed by atoms with van der Waals surface area (Å²) >= 11 is 0. The molecule has 0 unspecified atom stereocenters. The van der Waals surface area contributed by atoms with Crippen molar-refractivity contribution in [1.82, 2.24) is 24.6 Å². The molecule has 4 aromatic rings. The Morgan fingerprint density at radius 1 is 1.17 bits per heavy atom. The van der Waals surface area contributed by atoms with Gasteiger partial charge in [-0.05, 0) is 18.2 Å². The maximum Gasteiger partial charge on any atom is 0.256 e. The average Bonchev–Trinajstić information content (AvgIpc) is 3.05. The van der Waals surface area contributed by atoms with Gasteiger partial charge in [0.1, 0.15) is 11.6 Å². The van der Waals surface area contributed by atoms with Gasteiger partial charge in [-0.3, -0.25) is 9.48 Å². The van der Waals surface area contributed by atoms with Crippen molar-refractivity contribution in [2.75, 3.05) is 12.8 Å². The van der Waals surface area contributed by atoms with E-state index in [2.05, 4.69) is 15.1 Å². The third-order valence-corrected chi connectivity index (χ3v) is 4.67. The van der Waals surface area contributed by atoms with Gasteiger partial charge in [-0.1, -0.05) is 0 Å². The minimum absolute atomic E-state index is 0.00640. The predicted molar refractivity (Wildman–Crippen MR) is 100 cm³/mol. The molecular weight excluding hydrogens is 385 g/mol. The second-order valence-corrected chi connectivity index (χ2v) is 6.62. The first kappa shape index (κ1) is 18.7. The largest absolute Gasteiger partial charge is 0.383 e. The van der Waals surface area contributed by atoms with Gasteiger partial charge in [0, 0.05) is 31.1 Å². The number of carbonyl (C=O) groups is 1. The van der Waals surface area contributed by atoms with Crippen LogP contribution in [0.3, 0.4) is 0 Å². The van der Waals surface area contributed by atoms with E-state index in [1.807, 2.05) is 0 Å². The molecule has 0 spiro atoms. The van der Waals surface area contributed by atoms with E-state index in [4.69, 9.17) is 5.73 Å². The van der Waals surface area contributed by atoms with E-state index < -0.39 is 23.6 Å². The number of rotatable bonds is 3. The van der Waals surface area contributed by atoms with Crippen molar-refractivity contribution in [3.8, 4) is 0 Å². The standard InChI is InChI=1S/C19H15F3N6O/c1-27(8-9-3-4-15(21)26-17(9)22)19(29)10-5-11-14(6-13(10)20)25-18(23)12-7-24-28(2)16(11)12/h3-7H,8H2,1-2H3,(H2,23,25). The Morgan fingerprint density at radius 2 is 1.93 bits per heavy atom. The highest BCUT2D eigenvalue weighted by molar-refractivity contribution is 6.10. The minimum Gasteiger partial charge on any atom is -0.383 e. The lowest BCUT2D eigenvalue weighted by molar-refractivity contribution is 0.0779. The van der Waals surface area contributed by atoms with Gasteiger partial charge in [-0.25, -0.2) is 9.37 Å². The van der Waals surface area contributed by atoms with Crippen LogP contribution in [0.5, 0.6) is 0 Å². The molecule has 7 nitrogen and oxygen atoms in total. The lowest BCUT2D eigenvalue weighted by Crippen LogP contribution is -2.27. The van der Waals surface area contributed by atoms with Crippen LogP contribution in [0, 0.1) is 17.7 Å². The minimum atomic E-state index is -1.03. The lowest BCUT2D eigenvalue weighted by atomic mass is 10.1. The van der Waals surface area contributed by atoms with E-state index in [9.17, 15) is 18.0 Å². The maximum absolute atomic E-state index is 14.7. The smallest absolute Gasteiger partial charge is 0.256 e. The molecule has 0 bridgehead atoms. The number of amides is 1. The first-order valence-corrected chi connectivity index (χ1v) is 8.53. The topological polar surface area (TPSA) is 89.9 Å². The van der Waals surface area contributed by atoms with Crippen LogP contribution in [-0.4, -0.2) is 37.6 Å². The summed E-state index contributed by atoms with van der Waals surface area (Å²) in [4.78, 5) is 21.2. The second-order valence-electron chi connectivity index (χ2n) is 6.62. The highest BCUT2D eigenvalue weighted by atomic mass is 19.1. The number of nitrogen functional groups attached to an aromatic ring is 1. The number of halogens is 3. The Labute approximate surface area is 162 Å². The Bertz CT molecular complexity index is 1290. The molecule has 29 heavy (non-hydrogen) atoms. The van der Waals surface area contributed by atoms with E-state index in [1.165, 1.54) is 19.2 Å². The number of carbonyl (C=O) groups excluding carboxylic acids is 1. The number of nitrogens with zero attached hydrogens (tertiary/aromatic N) is 5. The van der Waals surface area contributed by atoms with Crippen molar-refractivity contribution in [2.24, 2.45) is 7.05 Å². The highest BCUT2D eigenvalue weighted by Gasteiger charge is 2.21. The normalized spacial score (nSPS) is 11.3. The van der Waals surface area contributed by atoms with Crippen LogP contribution < -0.4 is 5.73 Å². The number of aromatic nitrogens is 4. The zero-order valence-electron chi connectivity index (χ0n) is 15.4. The monoisotopic (exact) mass is 400 g/mol. The van der Waals surface area contributed by atoms with E-state index in [-0.39, 0.29) is 29.0 Å². The SMILES string of the molecule is CN(Cc1ccc(F)nc1F)C(=O)c1cc2c(cc1F)nc(N)c1cnn(C)c12.